The molecular weight excluding hydrogens is 370 g/mol. The smallest absolute Gasteiger partial charge is 0.341 e. The summed E-state index contributed by atoms with van der Waals surface area (Å²) in [5.41, 5.74) is -0.107. The van der Waals surface area contributed by atoms with Gasteiger partial charge in [-0.15, -0.1) is 0 Å². The number of carbonyl (C=O) groups is 2. The SMILES string of the molecule is CCCCC[C@](C)(OCC)C(=O)Nc1ccc(O[C@@H](C)CC)c(C(=O)OCC)c1. The second-order valence-corrected chi connectivity index (χ2v) is 7.34. The number of amides is 1. The quantitative estimate of drug-likeness (QED) is 0.352. The minimum atomic E-state index is -0.917. The number of carbonyl (C=O) groups excluding carboxylic acids is 2. The Balaban J connectivity index is 3.08. The Morgan fingerprint density at radius 3 is 2.41 bits per heavy atom. The lowest BCUT2D eigenvalue weighted by Gasteiger charge is -2.28. The van der Waals surface area contributed by atoms with Crippen LogP contribution in [0.1, 0.15) is 84.0 Å². The summed E-state index contributed by atoms with van der Waals surface area (Å²) in [4.78, 5) is 25.4. The van der Waals surface area contributed by atoms with Gasteiger partial charge in [-0.3, -0.25) is 4.79 Å². The normalized spacial score (nSPS) is 14.0. The molecule has 164 valence electrons. The largest absolute Gasteiger partial charge is 0.490 e. The lowest BCUT2D eigenvalue weighted by molar-refractivity contribution is -0.139. The van der Waals surface area contributed by atoms with Crippen molar-refractivity contribution in [2.24, 2.45) is 0 Å². The molecule has 0 aromatic heterocycles. The van der Waals surface area contributed by atoms with Gasteiger partial charge in [0.05, 0.1) is 12.7 Å². The van der Waals surface area contributed by atoms with Gasteiger partial charge in [0.15, 0.2) is 0 Å². The Labute approximate surface area is 175 Å². The molecule has 0 saturated carbocycles. The van der Waals surface area contributed by atoms with E-state index in [0.29, 0.717) is 30.0 Å². The second kappa shape index (κ2) is 12.5. The molecule has 1 aromatic rings. The van der Waals surface area contributed by atoms with E-state index in [1.54, 1.807) is 25.1 Å². The molecule has 0 unspecified atom stereocenters. The fourth-order valence-corrected chi connectivity index (χ4v) is 2.92. The van der Waals surface area contributed by atoms with E-state index in [1.807, 2.05) is 27.7 Å². The fourth-order valence-electron chi connectivity index (χ4n) is 2.92. The molecule has 1 rings (SSSR count). The molecule has 2 atom stereocenters. The summed E-state index contributed by atoms with van der Waals surface area (Å²) in [5.74, 6) is -0.246. The summed E-state index contributed by atoms with van der Waals surface area (Å²) in [5, 5.41) is 2.90. The predicted octanol–water partition coefficient (Wildman–Crippen LogP) is 5.35. The molecule has 0 heterocycles. The molecule has 0 saturated heterocycles. The third-order valence-electron chi connectivity index (χ3n) is 4.84. The van der Waals surface area contributed by atoms with Crippen LogP contribution in [0.5, 0.6) is 5.75 Å². The van der Waals surface area contributed by atoms with Crippen LogP contribution in [-0.2, 0) is 14.3 Å². The van der Waals surface area contributed by atoms with Gasteiger partial charge in [-0.05, 0) is 58.7 Å². The van der Waals surface area contributed by atoms with Gasteiger partial charge in [0.1, 0.15) is 16.9 Å². The summed E-state index contributed by atoms with van der Waals surface area (Å²) >= 11 is 0. The standard InChI is InChI=1S/C23H37NO5/c1-7-11-12-15-23(6,28-10-4)22(26)24-18-13-14-20(29-17(5)8-2)19(16-18)21(25)27-9-3/h13-14,16-17H,7-12,15H2,1-6H3,(H,24,26)/t17-,23-/m0/s1. The van der Waals surface area contributed by atoms with E-state index in [4.69, 9.17) is 14.2 Å². The Morgan fingerprint density at radius 2 is 1.83 bits per heavy atom. The monoisotopic (exact) mass is 407 g/mol. The number of hydrogen-bond donors (Lipinski definition) is 1. The fraction of sp³-hybridized carbons (Fsp3) is 0.652. The Bertz CT molecular complexity index is 661. The first-order valence-electron chi connectivity index (χ1n) is 10.7. The van der Waals surface area contributed by atoms with Crippen molar-refractivity contribution in [2.45, 2.75) is 85.4 Å². The number of ether oxygens (including phenoxy) is 3. The summed E-state index contributed by atoms with van der Waals surface area (Å²) < 4.78 is 16.8. The van der Waals surface area contributed by atoms with Crippen LogP contribution >= 0.6 is 0 Å². The molecule has 0 radical (unpaired) electrons. The minimum absolute atomic E-state index is 0.0385. The molecule has 6 heteroatoms. The zero-order valence-corrected chi connectivity index (χ0v) is 18.8. The highest BCUT2D eigenvalue weighted by Gasteiger charge is 2.33. The Morgan fingerprint density at radius 1 is 1.10 bits per heavy atom. The van der Waals surface area contributed by atoms with Gasteiger partial charge in [-0.2, -0.15) is 0 Å². The highest BCUT2D eigenvalue weighted by molar-refractivity contribution is 5.99. The topological polar surface area (TPSA) is 73.9 Å². The lowest BCUT2D eigenvalue weighted by atomic mass is 9.96. The number of hydrogen-bond acceptors (Lipinski definition) is 5. The number of benzene rings is 1. The Kier molecular flexibility index (Phi) is 10.7. The highest BCUT2D eigenvalue weighted by Crippen LogP contribution is 2.27. The lowest BCUT2D eigenvalue weighted by Crippen LogP contribution is -2.42. The van der Waals surface area contributed by atoms with E-state index in [1.165, 1.54) is 0 Å². The molecule has 0 fully saturated rings. The molecular formula is C23H37NO5. The van der Waals surface area contributed by atoms with Crippen LogP contribution in [0.2, 0.25) is 0 Å². The number of esters is 1. The third-order valence-corrected chi connectivity index (χ3v) is 4.84. The van der Waals surface area contributed by atoms with Crippen molar-refractivity contribution in [2.75, 3.05) is 18.5 Å². The van der Waals surface area contributed by atoms with Gasteiger partial charge >= 0.3 is 5.97 Å². The van der Waals surface area contributed by atoms with Gasteiger partial charge < -0.3 is 19.5 Å². The van der Waals surface area contributed by atoms with Crippen LogP contribution in [0.4, 0.5) is 5.69 Å². The molecule has 1 aromatic carbocycles. The van der Waals surface area contributed by atoms with E-state index in [-0.39, 0.29) is 18.6 Å². The van der Waals surface area contributed by atoms with Crippen LogP contribution in [0.3, 0.4) is 0 Å². The van der Waals surface area contributed by atoms with Crippen molar-refractivity contribution >= 4 is 17.6 Å². The maximum absolute atomic E-state index is 13.0. The summed E-state index contributed by atoms with van der Waals surface area (Å²) in [6, 6.07) is 5.03. The molecule has 0 bridgehead atoms. The molecule has 1 amide bonds. The molecule has 0 aliphatic carbocycles. The van der Waals surface area contributed by atoms with E-state index >= 15 is 0 Å². The predicted molar refractivity (Wildman–Crippen MR) is 116 cm³/mol. The van der Waals surface area contributed by atoms with Crippen molar-refractivity contribution in [3.05, 3.63) is 23.8 Å². The van der Waals surface area contributed by atoms with Crippen molar-refractivity contribution in [3.8, 4) is 5.75 Å². The van der Waals surface area contributed by atoms with Crippen LogP contribution < -0.4 is 10.1 Å². The van der Waals surface area contributed by atoms with Crippen molar-refractivity contribution in [1.82, 2.24) is 0 Å². The first-order valence-corrected chi connectivity index (χ1v) is 10.7. The Hall–Kier alpha value is -2.08. The summed E-state index contributed by atoms with van der Waals surface area (Å²) in [7, 11) is 0. The van der Waals surface area contributed by atoms with E-state index in [2.05, 4.69) is 12.2 Å². The molecule has 29 heavy (non-hydrogen) atoms. The van der Waals surface area contributed by atoms with Crippen molar-refractivity contribution in [3.63, 3.8) is 0 Å². The van der Waals surface area contributed by atoms with E-state index in [0.717, 1.165) is 25.7 Å². The number of unbranched alkanes of at least 4 members (excludes halogenated alkanes) is 2. The van der Waals surface area contributed by atoms with Crippen molar-refractivity contribution in [1.29, 1.82) is 0 Å². The molecule has 1 N–H and O–H groups in total. The highest BCUT2D eigenvalue weighted by atomic mass is 16.5. The van der Waals surface area contributed by atoms with E-state index < -0.39 is 11.6 Å². The maximum Gasteiger partial charge on any atom is 0.341 e. The number of rotatable bonds is 13. The van der Waals surface area contributed by atoms with Gasteiger partial charge in [-0.25, -0.2) is 4.79 Å². The van der Waals surface area contributed by atoms with Crippen LogP contribution in [-0.4, -0.2) is 36.8 Å². The third kappa shape index (κ3) is 7.69. The summed E-state index contributed by atoms with van der Waals surface area (Å²) in [6.07, 6.45) is 4.44. The van der Waals surface area contributed by atoms with E-state index in [9.17, 15) is 9.59 Å². The summed E-state index contributed by atoms with van der Waals surface area (Å²) in [6.45, 7) is 12.2. The van der Waals surface area contributed by atoms with Crippen LogP contribution in [0.25, 0.3) is 0 Å². The van der Waals surface area contributed by atoms with Gasteiger partial charge in [0.25, 0.3) is 5.91 Å². The number of nitrogens with one attached hydrogen (secondary N) is 1. The molecule has 0 spiro atoms. The molecule has 6 nitrogen and oxygen atoms in total. The van der Waals surface area contributed by atoms with Crippen molar-refractivity contribution < 1.29 is 23.8 Å². The van der Waals surface area contributed by atoms with Gasteiger partial charge in [0.2, 0.25) is 0 Å². The van der Waals surface area contributed by atoms with Gasteiger partial charge in [-0.1, -0.05) is 33.1 Å². The maximum atomic E-state index is 13.0. The van der Waals surface area contributed by atoms with Crippen LogP contribution in [0.15, 0.2) is 18.2 Å². The van der Waals surface area contributed by atoms with Gasteiger partial charge in [0, 0.05) is 12.3 Å². The average molecular weight is 408 g/mol. The zero-order chi connectivity index (χ0) is 21.9. The molecule has 0 aliphatic rings. The van der Waals surface area contributed by atoms with Crippen LogP contribution in [0, 0.1) is 0 Å². The zero-order valence-electron chi connectivity index (χ0n) is 18.8. The second-order valence-electron chi connectivity index (χ2n) is 7.34. The minimum Gasteiger partial charge on any atom is -0.490 e. The first kappa shape index (κ1) is 25.0. The molecule has 0 aliphatic heterocycles. The first-order chi connectivity index (χ1) is 13.8. The average Bonchev–Trinajstić information content (AvgIpc) is 2.69. The number of anilines is 1.